The standard InChI is InChI=1S/C21H23N5O6S/c1-29-14-9-12(10-15(30-2)18(14)31-3)8-13-19(22)26-21(23-20(13)28)33-16(24-26)11-17(27)25-4-6-32-7-5-25/h8-10,22H,4-7,11H2,1-3H3/b13-8-,22-19?. The Morgan fingerprint density at radius 2 is 1.85 bits per heavy atom. The Kier molecular flexibility index (Phi) is 6.65. The molecular weight excluding hydrogens is 450 g/mol. The molecule has 0 saturated carbocycles. The van der Waals surface area contributed by atoms with Gasteiger partial charge in [0, 0.05) is 13.1 Å². The van der Waals surface area contributed by atoms with E-state index in [1.807, 2.05) is 0 Å². The average molecular weight is 474 g/mol. The highest BCUT2D eigenvalue weighted by atomic mass is 32.2. The molecule has 174 valence electrons. The Morgan fingerprint density at radius 1 is 1.18 bits per heavy atom. The number of hydrogen-bond acceptors (Lipinski definition) is 9. The van der Waals surface area contributed by atoms with Crippen molar-refractivity contribution in [3.05, 3.63) is 23.3 Å². The number of carbonyl (C=O) groups is 2. The van der Waals surface area contributed by atoms with Crippen molar-refractivity contribution >= 4 is 45.7 Å². The highest BCUT2D eigenvalue weighted by Crippen LogP contribution is 2.39. The number of hydrogen-bond donors (Lipinski definition) is 1. The number of carbonyl (C=O) groups excluding carboxylic acids is 2. The second kappa shape index (κ2) is 9.63. The lowest BCUT2D eigenvalue weighted by molar-refractivity contribution is -0.133. The van der Waals surface area contributed by atoms with Crippen LogP contribution in [-0.2, 0) is 14.3 Å². The first-order chi connectivity index (χ1) is 15.9. The van der Waals surface area contributed by atoms with Gasteiger partial charge in [0.2, 0.25) is 16.8 Å². The lowest BCUT2D eigenvalue weighted by Crippen LogP contribution is -2.41. The molecule has 0 unspecified atom stereocenters. The van der Waals surface area contributed by atoms with Crippen molar-refractivity contribution in [3.63, 3.8) is 0 Å². The summed E-state index contributed by atoms with van der Waals surface area (Å²) in [5, 5.41) is 14.9. The zero-order valence-electron chi connectivity index (χ0n) is 18.4. The number of morpholine rings is 1. The molecule has 0 spiro atoms. The molecule has 33 heavy (non-hydrogen) atoms. The Hall–Kier alpha value is -3.38. The summed E-state index contributed by atoms with van der Waals surface area (Å²) in [6.07, 6.45) is 1.60. The quantitative estimate of drug-likeness (QED) is 0.617. The van der Waals surface area contributed by atoms with Crippen LogP contribution in [0.2, 0.25) is 0 Å². The fourth-order valence-corrected chi connectivity index (χ4v) is 4.38. The second-order valence-electron chi connectivity index (χ2n) is 7.14. The first kappa shape index (κ1) is 22.8. The molecule has 0 aliphatic carbocycles. The largest absolute Gasteiger partial charge is 0.493 e. The molecule has 3 aliphatic heterocycles. The van der Waals surface area contributed by atoms with Crippen LogP contribution in [0.15, 0.2) is 27.8 Å². The average Bonchev–Trinajstić information content (AvgIpc) is 3.23. The summed E-state index contributed by atoms with van der Waals surface area (Å²) < 4.78 is 21.3. The van der Waals surface area contributed by atoms with Gasteiger partial charge in [-0.25, -0.2) is 0 Å². The van der Waals surface area contributed by atoms with E-state index in [9.17, 15) is 9.59 Å². The van der Waals surface area contributed by atoms with Gasteiger partial charge < -0.3 is 23.8 Å². The van der Waals surface area contributed by atoms with Gasteiger partial charge in [-0.05, 0) is 35.5 Å². The van der Waals surface area contributed by atoms with Crippen LogP contribution in [0.1, 0.15) is 12.0 Å². The van der Waals surface area contributed by atoms with Crippen molar-refractivity contribution in [2.24, 2.45) is 10.1 Å². The molecule has 2 amide bonds. The minimum Gasteiger partial charge on any atom is -0.493 e. The second-order valence-corrected chi connectivity index (χ2v) is 8.18. The third-order valence-electron chi connectivity index (χ3n) is 5.16. The number of hydrazone groups is 1. The number of amidine groups is 2. The molecule has 12 heteroatoms. The maximum absolute atomic E-state index is 12.7. The maximum Gasteiger partial charge on any atom is 0.283 e. The molecule has 0 aromatic heterocycles. The topological polar surface area (TPSA) is 126 Å². The Bertz CT molecular complexity index is 1070. The van der Waals surface area contributed by atoms with E-state index < -0.39 is 5.91 Å². The molecule has 1 saturated heterocycles. The fraction of sp³-hybridized carbons (Fsp3) is 0.381. The normalized spacial score (nSPS) is 19.3. The van der Waals surface area contributed by atoms with Crippen LogP contribution in [0.25, 0.3) is 6.08 Å². The molecule has 4 rings (SSSR count). The van der Waals surface area contributed by atoms with E-state index in [2.05, 4.69) is 10.1 Å². The number of benzene rings is 1. The van der Waals surface area contributed by atoms with Crippen LogP contribution in [0.5, 0.6) is 17.2 Å². The molecule has 1 N–H and O–H groups in total. The number of methoxy groups -OCH3 is 3. The van der Waals surface area contributed by atoms with Crippen LogP contribution >= 0.6 is 11.8 Å². The minimum absolute atomic E-state index is 0.0538. The van der Waals surface area contributed by atoms with E-state index in [0.29, 0.717) is 54.2 Å². The van der Waals surface area contributed by atoms with E-state index in [1.165, 1.54) is 32.4 Å². The molecule has 3 heterocycles. The zero-order valence-corrected chi connectivity index (χ0v) is 19.2. The molecule has 0 radical (unpaired) electrons. The smallest absolute Gasteiger partial charge is 0.283 e. The van der Waals surface area contributed by atoms with Crippen LogP contribution in [-0.4, -0.2) is 85.4 Å². The predicted octanol–water partition coefficient (Wildman–Crippen LogP) is 1.58. The maximum atomic E-state index is 12.7. The number of fused-ring (bicyclic) bond motifs is 1. The SMILES string of the molecule is COc1cc(/C=C2/C(=N)N3N=C(CC(=O)N4CCOCC4)SC3=NC2=O)cc(OC)c1OC. The van der Waals surface area contributed by atoms with Gasteiger partial charge in [-0.1, -0.05) is 0 Å². The molecule has 1 aromatic rings. The number of nitrogens with zero attached hydrogens (tertiary/aromatic N) is 4. The van der Waals surface area contributed by atoms with Crippen molar-refractivity contribution in [3.8, 4) is 17.2 Å². The Morgan fingerprint density at radius 3 is 2.45 bits per heavy atom. The summed E-state index contributed by atoms with van der Waals surface area (Å²) in [5.74, 6) is 0.491. The molecule has 0 atom stereocenters. The van der Waals surface area contributed by atoms with E-state index >= 15 is 0 Å². The number of aliphatic imine (C=N–C) groups is 1. The monoisotopic (exact) mass is 473 g/mol. The fourth-order valence-electron chi connectivity index (χ4n) is 3.51. The number of nitrogens with one attached hydrogen (secondary N) is 1. The van der Waals surface area contributed by atoms with Crippen molar-refractivity contribution in [2.75, 3.05) is 47.6 Å². The molecule has 11 nitrogen and oxygen atoms in total. The summed E-state index contributed by atoms with van der Waals surface area (Å²) in [6, 6.07) is 3.34. The van der Waals surface area contributed by atoms with Gasteiger partial charge in [-0.2, -0.15) is 15.1 Å². The lowest BCUT2D eigenvalue weighted by Gasteiger charge is -2.26. The summed E-state index contributed by atoms with van der Waals surface area (Å²) >= 11 is 1.12. The summed E-state index contributed by atoms with van der Waals surface area (Å²) in [7, 11) is 4.49. The third kappa shape index (κ3) is 4.57. The van der Waals surface area contributed by atoms with Gasteiger partial charge in [0.1, 0.15) is 5.04 Å². The molecule has 1 aromatic carbocycles. The van der Waals surface area contributed by atoms with Crippen molar-refractivity contribution < 1.29 is 28.5 Å². The molecular formula is C21H23N5O6S. The minimum atomic E-state index is -0.566. The summed E-state index contributed by atoms with van der Waals surface area (Å²) in [4.78, 5) is 31.0. The zero-order chi connectivity index (χ0) is 23.5. The number of rotatable bonds is 6. The van der Waals surface area contributed by atoms with Gasteiger partial charge in [0.25, 0.3) is 5.91 Å². The number of thioether (sulfide) groups is 1. The predicted molar refractivity (Wildman–Crippen MR) is 123 cm³/mol. The van der Waals surface area contributed by atoms with Crippen LogP contribution in [0, 0.1) is 5.41 Å². The highest BCUT2D eigenvalue weighted by Gasteiger charge is 2.36. The van der Waals surface area contributed by atoms with Crippen molar-refractivity contribution in [2.45, 2.75) is 6.42 Å². The van der Waals surface area contributed by atoms with E-state index in [0.717, 1.165) is 11.8 Å². The lowest BCUT2D eigenvalue weighted by atomic mass is 10.1. The number of ether oxygens (including phenoxy) is 4. The van der Waals surface area contributed by atoms with Gasteiger partial charge in [0.05, 0.1) is 46.5 Å². The number of amides is 2. The van der Waals surface area contributed by atoms with Gasteiger partial charge in [-0.15, -0.1) is 0 Å². The van der Waals surface area contributed by atoms with Crippen molar-refractivity contribution in [1.82, 2.24) is 9.91 Å². The molecule has 3 aliphatic rings. The first-order valence-electron chi connectivity index (χ1n) is 10.1. The van der Waals surface area contributed by atoms with Crippen molar-refractivity contribution in [1.29, 1.82) is 5.41 Å². The summed E-state index contributed by atoms with van der Waals surface area (Å²) in [5.41, 5.74) is 0.618. The van der Waals surface area contributed by atoms with E-state index in [-0.39, 0.29) is 28.9 Å². The molecule has 1 fully saturated rings. The molecule has 0 bridgehead atoms. The van der Waals surface area contributed by atoms with Crippen LogP contribution < -0.4 is 14.2 Å². The Labute approximate surface area is 194 Å². The first-order valence-corrected chi connectivity index (χ1v) is 10.9. The third-order valence-corrected chi connectivity index (χ3v) is 6.07. The van der Waals surface area contributed by atoms with E-state index in [1.54, 1.807) is 17.0 Å². The summed E-state index contributed by atoms with van der Waals surface area (Å²) in [6.45, 7) is 2.10. The van der Waals surface area contributed by atoms with Crippen LogP contribution in [0.4, 0.5) is 0 Å². The van der Waals surface area contributed by atoms with Gasteiger partial charge in [-0.3, -0.25) is 15.0 Å². The van der Waals surface area contributed by atoms with Crippen LogP contribution in [0.3, 0.4) is 0 Å². The Balaban J connectivity index is 1.57. The van der Waals surface area contributed by atoms with Gasteiger partial charge in [0.15, 0.2) is 17.3 Å². The highest BCUT2D eigenvalue weighted by molar-refractivity contribution is 8.27. The van der Waals surface area contributed by atoms with Gasteiger partial charge >= 0.3 is 0 Å². The van der Waals surface area contributed by atoms with E-state index in [4.69, 9.17) is 24.4 Å².